The summed E-state index contributed by atoms with van der Waals surface area (Å²) in [7, 11) is -4.74. The Kier molecular flexibility index (Phi) is 11.7. The van der Waals surface area contributed by atoms with Crippen molar-refractivity contribution >= 4 is 72.4 Å². The van der Waals surface area contributed by atoms with Gasteiger partial charge in [-0.3, -0.25) is 24.7 Å². The number of morpholine rings is 1. The molecule has 19 heteroatoms. The fourth-order valence-electron chi connectivity index (χ4n) is 11.2. The van der Waals surface area contributed by atoms with Crippen LogP contribution >= 0.6 is 11.6 Å². The highest BCUT2D eigenvalue weighted by Gasteiger charge is 2.42. The number of carbonyl (C=O) groups excluding carboxylic acids is 1. The van der Waals surface area contributed by atoms with E-state index in [0.29, 0.717) is 67.8 Å². The number of nitrogens with zero attached hydrogens (tertiary/aromatic N) is 6. The minimum atomic E-state index is -4.74. The number of nitrogens with one attached hydrogen (secondary N) is 2. The SMILES string of the molecule is CC1(C)CCC(CN2CCN(c3ccc(C(N)=O)c(N4CCCOc5nc6[nH]ccc6cc54)c3S(=O)(=O)c3cc4c(c([N+](=O)[O-])c3)N[C@H](CN3C[C@@H]5C[C@H]3CO5)CO4)CC2)=C(c2ccc(Cl)cc2)C1. The van der Waals surface area contributed by atoms with E-state index in [4.69, 9.17) is 36.5 Å². The number of halogens is 1. The number of anilines is 4. The fraction of sp³-hybridized carbons (Fsp3) is 0.440. The highest BCUT2D eigenvalue weighted by atomic mass is 35.5. The Morgan fingerprint density at radius 2 is 1.83 bits per heavy atom. The van der Waals surface area contributed by atoms with Crippen molar-refractivity contribution in [2.24, 2.45) is 11.1 Å². The van der Waals surface area contributed by atoms with E-state index in [-0.39, 0.29) is 81.7 Å². The van der Waals surface area contributed by atoms with E-state index >= 15 is 8.42 Å². The van der Waals surface area contributed by atoms with Crippen LogP contribution in [0.2, 0.25) is 5.02 Å². The minimum absolute atomic E-state index is 0.0332. The molecule has 5 aliphatic heterocycles. The zero-order chi connectivity index (χ0) is 47.8. The summed E-state index contributed by atoms with van der Waals surface area (Å²) in [6, 6.07) is 17.5. The summed E-state index contributed by atoms with van der Waals surface area (Å²) in [5, 5.41) is 17.7. The number of ether oxygens (including phenoxy) is 3. The van der Waals surface area contributed by atoms with Crippen LogP contribution in [0.25, 0.3) is 16.6 Å². The molecule has 17 nitrogen and oxygen atoms in total. The van der Waals surface area contributed by atoms with Crippen molar-refractivity contribution in [1.82, 2.24) is 19.8 Å². The average Bonchev–Trinajstić information content (AvgIpc) is 4.06. The molecular weight excluding hydrogens is 922 g/mol. The lowest BCUT2D eigenvalue weighted by Gasteiger charge is -2.40. The van der Waals surface area contributed by atoms with Crippen molar-refractivity contribution in [2.75, 3.05) is 87.3 Å². The van der Waals surface area contributed by atoms with Gasteiger partial charge < -0.3 is 40.0 Å². The van der Waals surface area contributed by atoms with E-state index in [2.05, 4.69) is 46.1 Å². The summed E-state index contributed by atoms with van der Waals surface area (Å²) in [5.74, 6) is -0.529. The van der Waals surface area contributed by atoms with E-state index in [9.17, 15) is 14.9 Å². The summed E-state index contributed by atoms with van der Waals surface area (Å²) >= 11 is 6.30. The number of nitro benzene ring substituents is 1. The summed E-state index contributed by atoms with van der Waals surface area (Å²) in [4.78, 5) is 41.9. The molecule has 7 heterocycles. The molecule has 3 atom stereocenters. The number of allylic oxidation sites excluding steroid dienone is 1. The van der Waals surface area contributed by atoms with Gasteiger partial charge in [0, 0.05) is 87.1 Å². The predicted octanol–water partition coefficient (Wildman–Crippen LogP) is 7.41. The number of nitrogens with two attached hydrogens (primary N) is 1. The third kappa shape index (κ3) is 8.64. The van der Waals surface area contributed by atoms with Crippen LogP contribution in [0, 0.1) is 15.5 Å². The molecule has 1 amide bonds. The highest BCUT2D eigenvalue weighted by Crippen LogP contribution is 2.49. The van der Waals surface area contributed by atoms with E-state index in [0.717, 1.165) is 50.2 Å². The first-order chi connectivity index (χ1) is 33.2. The number of piperazine rings is 1. The number of primary amides is 1. The number of sulfone groups is 1. The second-order valence-electron chi connectivity index (χ2n) is 20.0. The maximum absolute atomic E-state index is 15.9. The molecule has 69 heavy (non-hydrogen) atoms. The zero-order valence-electron chi connectivity index (χ0n) is 38.7. The highest BCUT2D eigenvalue weighted by molar-refractivity contribution is 7.91. The summed E-state index contributed by atoms with van der Waals surface area (Å²) in [6.45, 7) is 10.3. The molecule has 362 valence electrons. The van der Waals surface area contributed by atoms with Gasteiger partial charge in [-0.15, -0.1) is 0 Å². The number of H-pyrrole nitrogens is 1. The Balaban J connectivity index is 0.990. The molecule has 2 bridgehead atoms. The van der Waals surface area contributed by atoms with Gasteiger partial charge in [-0.05, 0) is 85.1 Å². The molecule has 11 rings (SSSR count). The number of hydrogen-bond acceptors (Lipinski definition) is 14. The van der Waals surface area contributed by atoms with Crippen LogP contribution in [-0.2, 0) is 14.6 Å². The van der Waals surface area contributed by atoms with Crippen LogP contribution in [0.3, 0.4) is 0 Å². The fourth-order valence-corrected chi connectivity index (χ4v) is 13.0. The summed E-state index contributed by atoms with van der Waals surface area (Å²) in [6.07, 6.45) is 6.34. The number of hydrogen-bond donors (Lipinski definition) is 3. The Morgan fingerprint density at radius 1 is 1.01 bits per heavy atom. The number of benzene rings is 3. The average molecular weight is 979 g/mol. The van der Waals surface area contributed by atoms with Gasteiger partial charge in [0.1, 0.15) is 22.8 Å². The largest absolute Gasteiger partial charge is 0.489 e. The predicted molar refractivity (Wildman–Crippen MR) is 264 cm³/mol. The second kappa shape index (κ2) is 17.8. The number of carbonyl (C=O) groups is 1. The van der Waals surface area contributed by atoms with E-state index in [1.807, 2.05) is 29.2 Å². The number of pyridine rings is 1. The number of aromatic nitrogens is 2. The summed E-state index contributed by atoms with van der Waals surface area (Å²) in [5.41, 5.74) is 11.4. The quantitative estimate of drug-likeness (QED) is 0.0873. The molecule has 3 aromatic carbocycles. The molecule has 0 spiro atoms. The van der Waals surface area contributed by atoms with Gasteiger partial charge in [-0.2, -0.15) is 4.98 Å². The van der Waals surface area contributed by atoms with Crippen molar-refractivity contribution in [2.45, 2.75) is 73.9 Å². The van der Waals surface area contributed by atoms with Crippen LogP contribution in [0.15, 0.2) is 82.2 Å². The van der Waals surface area contributed by atoms with Gasteiger partial charge in [0.05, 0.1) is 52.1 Å². The van der Waals surface area contributed by atoms with Gasteiger partial charge >= 0.3 is 0 Å². The number of fused-ring (bicyclic) bond motifs is 5. The monoisotopic (exact) mass is 977 g/mol. The van der Waals surface area contributed by atoms with E-state index < -0.39 is 26.4 Å². The minimum Gasteiger partial charge on any atom is -0.489 e. The summed E-state index contributed by atoms with van der Waals surface area (Å²) < 4.78 is 50.0. The second-order valence-corrected chi connectivity index (χ2v) is 22.3. The third-order valence-electron chi connectivity index (χ3n) is 14.8. The number of nitro groups is 1. The first kappa shape index (κ1) is 45.5. The van der Waals surface area contributed by atoms with Crippen LogP contribution in [-0.4, -0.2) is 129 Å². The van der Waals surface area contributed by atoms with Gasteiger partial charge in [-0.25, -0.2) is 8.42 Å². The number of likely N-dealkylation sites (tertiary alicyclic amines) is 1. The molecular formula is C50H56ClN9O8S. The van der Waals surface area contributed by atoms with Crippen LogP contribution in [0.4, 0.5) is 28.4 Å². The molecule has 6 aliphatic rings. The van der Waals surface area contributed by atoms with Gasteiger partial charge in [0.25, 0.3) is 11.6 Å². The van der Waals surface area contributed by atoms with Crippen LogP contribution < -0.4 is 30.3 Å². The van der Waals surface area contributed by atoms with E-state index in [1.165, 1.54) is 22.8 Å². The van der Waals surface area contributed by atoms with Crippen molar-refractivity contribution in [3.8, 4) is 11.6 Å². The van der Waals surface area contributed by atoms with Crippen molar-refractivity contribution < 1.29 is 32.3 Å². The van der Waals surface area contributed by atoms with Gasteiger partial charge in [0.2, 0.25) is 15.7 Å². The first-order valence-corrected chi connectivity index (χ1v) is 25.7. The van der Waals surface area contributed by atoms with E-state index in [1.54, 1.807) is 23.2 Å². The lowest BCUT2D eigenvalue weighted by Crippen LogP contribution is -2.47. The third-order valence-corrected chi connectivity index (χ3v) is 16.8. The van der Waals surface area contributed by atoms with Gasteiger partial charge in [0.15, 0.2) is 11.4 Å². The van der Waals surface area contributed by atoms with Crippen molar-refractivity contribution in [1.29, 1.82) is 0 Å². The number of rotatable bonds is 11. The molecule has 4 N–H and O–H groups in total. The van der Waals surface area contributed by atoms with Crippen molar-refractivity contribution in [3.63, 3.8) is 0 Å². The number of amides is 1. The zero-order valence-corrected chi connectivity index (χ0v) is 40.3. The topological polar surface area (TPSA) is 202 Å². The lowest BCUT2D eigenvalue weighted by molar-refractivity contribution is -0.384. The standard InChI is InChI=1S/C50H56ClN9O8S/c1-50(2)12-10-32(39(24-50)30-4-6-33(51)7-5-30)25-56-15-17-57(18-16-56)40-9-8-38(47(52)61)45(59-14-3-19-66-49-42(59)20-31-11-13-53-48(31)55-49)46(40)69(64,65)37-22-41(60(62)63)44-43(23-37)68-28-34(54-44)26-58-27-36-21-35(58)29-67-36/h4-9,11,13,20,22-23,34-36,54H,3,10,12,14-19,21,24-29H2,1-2H3,(H2,52,61)(H,53,55)/t34-,35+,36+/m1/s1. The maximum atomic E-state index is 15.9. The Morgan fingerprint density at radius 3 is 2.57 bits per heavy atom. The molecule has 0 radical (unpaired) electrons. The molecule has 3 fully saturated rings. The lowest BCUT2D eigenvalue weighted by atomic mass is 9.72. The maximum Gasteiger partial charge on any atom is 0.297 e. The Hall–Kier alpha value is -5.92. The van der Waals surface area contributed by atoms with Crippen LogP contribution in [0.1, 0.15) is 61.9 Å². The number of aromatic amines is 1. The molecule has 3 saturated heterocycles. The molecule has 1 aliphatic carbocycles. The van der Waals surface area contributed by atoms with Crippen LogP contribution in [0.5, 0.6) is 11.6 Å². The van der Waals surface area contributed by atoms with Gasteiger partial charge in [-0.1, -0.05) is 43.2 Å². The Labute approximate surface area is 405 Å². The molecule has 5 aromatic rings. The molecule has 0 saturated carbocycles. The normalized spacial score (nSPS) is 22.7. The molecule has 2 aromatic heterocycles. The van der Waals surface area contributed by atoms with Crippen molar-refractivity contribution in [3.05, 3.63) is 98.7 Å². The molecule has 0 unspecified atom stereocenters. The first-order valence-electron chi connectivity index (χ1n) is 23.8. The Bertz CT molecular complexity index is 3010. The smallest absolute Gasteiger partial charge is 0.297 e.